The molecular weight excluding hydrogens is 488 g/mol. The van der Waals surface area contributed by atoms with E-state index in [9.17, 15) is 23.2 Å². The van der Waals surface area contributed by atoms with E-state index < -0.39 is 17.5 Å². The van der Waals surface area contributed by atoms with Gasteiger partial charge in [-0.1, -0.05) is 36.4 Å². The zero-order valence-corrected chi connectivity index (χ0v) is 21.1. The molecule has 1 heterocycles. The summed E-state index contributed by atoms with van der Waals surface area (Å²) >= 11 is 0. The van der Waals surface area contributed by atoms with Crippen molar-refractivity contribution < 1.29 is 23.2 Å². The van der Waals surface area contributed by atoms with Gasteiger partial charge in [0.05, 0.1) is 5.69 Å². The van der Waals surface area contributed by atoms with Gasteiger partial charge in [0.1, 0.15) is 23.3 Å². The summed E-state index contributed by atoms with van der Waals surface area (Å²) in [6, 6.07) is 19.2. The van der Waals surface area contributed by atoms with Crippen LogP contribution in [0.3, 0.4) is 0 Å². The maximum atomic E-state index is 14.7. The smallest absolute Gasteiger partial charge is 0.258 e. The van der Waals surface area contributed by atoms with Crippen LogP contribution in [0.1, 0.15) is 48.0 Å². The Kier molecular flexibility index (Phi) is 8.66. The molecule has 1 aliphatic rings. The average molecular weight is 518 g/mol. The number of piperidine rings is 1. The van der Waals surface area contributed by atoms with Gasteiger partial charge in [0, 0.05) is 50.3 Å². The molecule has 0 radical (unpaired) electrons. The van der Waals surface area contributed by atoms with Crippen molar-refractivity contribution in [2.45, 2.75) is 32.1 Å². The largest absolute Gasteiger partial charge is 0.366 e. The molecule has 6 nitrogen and oxygen atoms in total. The number of amides is 2. The van der Waals surface area contributed by atoms with E-state index in [1.165, 1.54) is 17.9 Å². The summed E-state index contributed by atoms with van der Waals surface area (Å²) < 4.78 is 28.3. The highest BCUT2D eigenvalue weighted by Gasteiger charge is 2.26. The second-order valence-electron chi connectivity index (χ2n) is 9.25. The van der Waals surface area contributed by atoms with E-state index in [1.807, 2.05) is 35.1 Å². The number of likely N-dealkylation sites (tertiary alicyclic amines) is 1. The van der Waals surface area contributed by atoms with Crippen LogP contribution in [-0.4, -0.2) is 42.3 Å². The third-order valence-corrected chi connectivity index (χ3v) is 6.74. The minimum atomic E-state index is -0.857. The Morgan fingerprint density at radius 3 is 2.34 bits per heavy atom. The molecule has 0 spiro atoms. The number of anilines is 2. The molecule has 3 aromatic carbocycles. The Morgan fingerprint density at radius 1 is 1.00 bits per heavy atom. The first-order valence-electron chi connectivity index (χ1n) is 12.5. The topological polar surface area (TPSA) is 69.7 Å². The molecule has 38 heavy (non-hydrogen) atoms. The third-order valence-electron chi connectivity index (χ3n) is 6.74. The van der Waals surface area contributed by atoms with Crippen molar-refractivity contribution in [2.24, 2.45) is 0 Å². The Morgan fingerprint density at radius 2 is 1.68 bits per heavy atom. The fraction of sp³-hybridized carbons (Fsp3) is 0.267. The minimum Gasteiger partial charge on any atom is -0.366 e. The van der Waals surface area contributed by atoms with Crippen LogP contribution < -0.4 is 10.2 Å². The first kappa shape index (κ1) is 26.8. The van der Waals surface area contributed by atoms with Crippen molar-refractivity contribution in [3.05, 3.63) is 101 Å². The van der Waals surface area contributed by atoms with Gasteiger partial charge in [-0.2, -0.15) is 0 Å². The molecule has 1 fully saturated rings. The average Bonchev–Trinajstić information content (AvgIpc) is 2.92. The first-order valence-corrected chi connectivity index (χ1v) is 12.5. The minimum absolute atomic E-state index is 0.0200. The van der Waals surface area contributed by atoms with Crippen LogP contribution in [0.25, 0.3) is 0 Å². The molecule has 0 unspecified atom stereocenters. The monoisotopic (exact) mass is 517 g/mol. The lowest BCUT2D eigenvalue weighted by Gasteiger charge is -2.35. The lowest BCUT2D eigenvalue weighted by molar-refractivity contribution is -0.114. The molecule has 196 valence electrons. The highest BCUT2D eigenvalue weighted by molar-refractivity contribution is 6.06. The molecule has 0 aromatic heterocycles. The van der Waals surface area contributed by atoms with Crippen molar-refractivity contribution in [1.29, 1.82) is 0 Å². The predicted molar refractivity (Wildman–Crippen MR) is 143 cm³/mol. The molecule has 8 heteroatoms. The second-order valence-corrected chi connectivity index (χ2v) is 9.25. The first-order chi connectivity index (χ1) is 18.4. The molecule has 0 aliphatic carbocycles. The van der Waals surface area contributed by atoms with E-state index in [0.717, 1.165) is 36.2 Å². The number of hydrogen-bond donors (Lipinski definition) is 1. The molecule has 3 aromatic rings. The van der Waals surface area contributed by atoms with Crippen LogP contribution in [0.5, 0.6) is 0 Å². The van der Waals surface area contributed by atoms with Gasteiger partial charge in [0.2, 0.25) is 5.91 Å². The SMILES string of the molecule is CC(=O)Nc1ccccc1C1CCN(C(=C=O)CCN(C(=O)c2ccccc2)c2ccc(F)cc2F)CC1. The Labute approximate surface area is 220 Å². The summed E-state index contributed by atoms with van der Waals surface area (Å²) in [5.41, 5.74) is 2.55. The lowest BCUT2D eigenvalue weighted by atomic mass is 9.88. The van der Waals surface area contributed by atoms with Crippen LogP contribution in [0.2, 0.25) is 0 Å². The number of benzene rings is 3. The van der Waals surface area contributed by atoms with Crippen molar-refractivity contribution >= 4 is 29.1 Å². The highest BCUT2D eigenvalue weighted by Crippen LogP contribution is 2.34. The summed E-state index contributed by atoms with van der Waals surface area (Å²) in [4.78, 5) is 40.0. The molecule has 1 N–H and O–H groups in total. The highest BCUT2D eigenvalue weighted by atomic mass is 19.1. The summed E-state index contributed by atoms with van der Waals surface area (Å²) in [5, 5.41) is 2.88. The molecule has 0 atom stereocenters. The van der Waals surface area contributed by atoms with Crippen molar-refractivity contribution in [2.75, 3.05) is 29.9 Å². The summed E-state index contributed by atoms with van der Waals surface area (Å²) in [6.45, 7) is 2.69. The van der Waals surface area contributed by atoms with Gasteiger partial charge in [0.25, 0.3) is 5.91 Å². The standard InChI is InChI=1S/C30H29F2N3O3/c1-21(37)33-28-10-6-5-9-26(28)22-13-16-34(17-14-22)25(20-36)15-18-35(29-12-11-24(31)19-27(29)32)30(38)23-7-3-2-4-8-23/h2-12,19,22H,13-18H2,1H3,(H,33,37). The van der Waals surface area contributed by atoms with Crippen LogP contribution in [0.4, 0.5) is 20.2 Å². The number of rotatable bonds is 8. The number of halogens is 2. The van der Waals surface area contributed by atoms with Gasteiger partial charge >= 0.3 is 0 Å². The van der Waals surface area contributed by atoms with Crippen molar-refractivity contribution in [3.8, 4) is 0 Å². The third kappa shape index (κ3) is 6.33. The van der Waals surface area contributed by atoms with Crippen LogP contribution in [0.15, 0.2) is 78.5 Å². The molecule has 4 rings (SSSR count). The van der Waals surface area contributed by atoms with Gasteiger partial charge in [-0.25, -0.2) is 13.6 Å². The Balaban J connectivity index is 1.47. The van der Waals surface area contributed by atoms with Gasteiger partial charge in [-0.15, -0.1) is 0 Å². The van der Waals surface area contributed by atoms with Gasteiger partial charge in [-0.3, -0.25) is 9.59 Å². The zero-order chi connectivity index (χ0) is 27.1. The van der Waals surface area contributed by atoms with Crippen LogP contribution >= 0.6 is 0 Å². The maximum absolute atomic E-state index is 14.7. The number of nitrogens with one attached hydrogen (secondary N) is 1. The summed E-state index contributed by atoms with van der Waals surface area (Å²) in [5.74, 6) is 0.0530. The second kappa shape index (κ2) is 12.3. The zero-order valence-electron chi connectivity index (χ0n) is 21.1. The lowest BCUT2D eigenvalue weighted by Crippen LogP contribution is -2.37. The number of nitrogens with zero attached hydrogens (tertiary/aromatic N) is 2. The number of carbonyl (C=O) groups is 2. The molecule has 0 saturated carbocycles. The number of carbonyl (C=O) groups excluding carboxylic acids is 3. The quantitative estimate of drug-likeness (QED) is 0.398. The molecule has 2 amide bonds. The normalized spacial score (nSPS) is 13.5. The van der Waals surface area contributed by atoms with Crippen molar-refractivity contribution in [3.63, 3.8) is 0 Å². The number of para-hydroxylation sites is 1. The number of hydrogen-bond acceptors (Lipinski definition) is 4. The van der Waals surface area contributed by atoms with E-state index in [1.54, 1.807) is 30.3 Å². The van der Waals surface area contributed by atoms with E-state index in [-0.39, 0.29) is 30.5 Å². The molecule has 1 saturated heterocycles. The van der Waals surface area contributed by atoms with Crippen LogP contribution in [0, 0.1) is 11.6 Å². The fourth-order valence-electron chi connectivity index (χ4n) is 4.88. The Bertz CT molecular complexity index is 1350. The Hall–Kier alpha value is -4.29. The summed E-state index contributed by atoms with van der Waals surface area (Å²) in [7, 11) is 0. The summed E-state index contributed by atoms with van der Waals surface area (Å²) in [6.07, 6.45) is 1.69. The molecule has 0 bridgehead atoms. The predicted octanol–water partition coefficient (Wildman–Crippen LogP) is 5.56. The van der Waals surface area contributed by atoms with E-state index in [4.69, 9.17) is 0 Å². The molecular formula is C30H29F2N3O3. The van der Waals surface area contributed by atoms with Crippen molar-refractivity contribution in [1.82, 2.24) is 4.90 Å². The van der Waals surface area contributed by atoms with Gasteiger partial charge in [0.15, 0.2) is 0 Å². The van der Waals surface area contributed by atoms with E-state index in [0.29, 0.717) is 24.4 Å². The van der Waals surface area contributed by atoms with Gasteiger partial charge in [-0.05, 0) is 54.7 Å². The molecule has 1 aliphatic heterocycles. The fourth-order valence-corrected chi connectivity index (χ4v) is 4.88. The van der Waals surface area contributed by atoms with Crippen LogP contribution in [-0.2, 0) is 9.59 Å². The van der Waals surface area contributed by atoms with E-state index >= 15 is 0 Å². The van der Waals surface area contributed by atoms with Gasteiger partial charge < -0.3 is 15.1 Å². The maximum Gasteiger partial charge on any atom is 0.258 e. The van der Waals surface area contributed by atoms with E-state index in [2.05, 4.69) is 5.32 Å².